The maximum atomic E-state index is 4.30. The summed E-state index contributed by atoms with van der Waals surface area (Å²) in [5.41, 5.74) is 0. The van der Waals surface area contributed by atoms with Crippen molar-refractivity contribution in [2.45, 2.75) is 6.42 Å². The van der Waals surface area contributed by atoms with Crippen LogP contribution >= 0.6 is 0 Å². The predicted octanol–water partition coefficient (Wildman–Crippen LogP) is -0.0745. The fourth-order valence-corrected chi connectivity index (χ4v) is 2.29. The van der Waals surface area contributed by atoms with Gasteiger partial charge in [-0.3, -0.25) is 4.90 Å². The van der Waals surface area contributed by atoms with Crippen LogP contribution in [0.25, 0.3) is 0 Å². The molecule has 21 heavy (non-hydrogen) atoms. The van der Waals surface area contributed by atoms with Crippen LogP contribution in [0, 0.1) is 0 Å². The molecule has 2 heterocycles. The molecule has 1 aromatic heterocycles. The summed E-state index contributed by atoms with van der Waals surface area (Å²) in [6.45, 7) is 9.24. The summed E-state index contributed by atoms with van der Waals surface area (Å²) in [4.78, 5) is 6.72. The Morgan fingerprint density at radius 1 is 0.952 bits per heavy atom. The Bertz CT molecular complexity index is 344. The van der Waals surface area contributed by atoms with Crippen molar-refractivity contribution in [1.82, 2.24) is 25.8 Å². The lowest BCUT2D eigenvalue weighted by Gasteiger charge is -2.23. The lowest BCUT2D eigenvalue weighted by molar-refractivity contribution is 0.291. The molecule has 1 saturated heterocycles. The molecular weight excluding hydrogens is 264 g/mol. The zero-order chi connectivity index (χ0) is 14.6. The van der Waals surface area contributed by atoms with E-state index in [1.807, 2.05) is 24.4 Å². The largest absolute Gasteiger partial charge is 0.357 e. The van der Waals surface area contributed by atoms with E-state index in [0.717, 1.165) is 64.8 Å². The number of hydrogen-bond donors (Lipinski definition) is 4. The van der Waals surface area contributed by atoms with Crippen LogP contribution in [0.3, 0.4) is 0 Å². The van der Waals surface area contributed by atoms with Crippen molar-refractivity contribution in [3.05, 3.63) is 24.4 Å². The highest BCUT2D eigenvalue weighted by molar-refractivity contribution is 5.32. The maximum absolute atomic E-state index is 4.30. The van der Waals surface area contributed by atoms with Crippen molar-refractivity contribution in [3.8, 4) is 0 Å². The fourth-order valence-electron chi connectivity index (χ4n) is 2.29. The second-order valence-electron chi connectivity index (χ2n) is 5.27. The zero-order valence-corrected chi connectivity index (χ0v) is 12.8. The van der Waals surface area contributed by atoms with E-state index in [2.05, 4.69) is 31.2 Å². The van der Waals surface area contributed by atoms with Gasteiger partial charge < -0.3 is 21.3 Å². The van der Waals surface area contributed by atoms with Gasteiger partial charge in [0.25, 0.3) is 0 Å². The SMILES string of the molecule is c1ccc(NCN2CCNCCCNCCNCC2)nc1. The Morgan fingerprint density at radius 3 is 2.38 bits per heavy atom. The van der Waals surface area contributed by atoms with Gasteiger partial charge in [0.05, 0.1) is 6.67 Å². The molecule has 0 amide bonds. The Morgan fingerprint density at radius 2 is 1.67 bits per heavy atom. The maximum Gasteiger partial charge on any atom is 0.126 e. The molecule has 0 radical (unpaired) electrons. The molecule has 6 nitrogen and oxygen atoms in total. The van der Waals surface area contributed by atoms with Crippen molar-refractivity contribution < 1.29 is 0 Å². The van der Waals surface area contributed by atoms with Crippen molar-refractivity contribution >= 4 is 5.82 Å². The van der Waals surface area contributed by atoms with Crippen LogP contribution in [0.2, 0.25) is 0 Å². The van der Waals surface area contributed by atoms with Crippen molar-refractivity contribution in [3.63, 3.8) is 0 Å². The number of rotatable bonds is 3. The van der Waals surface area contributed by atoms with Gasteiger partial charge in [-0.05, 0) is 31.6 Å². The average molecular weight is 292 g/mol. The smallest absolute Gasteiger partial charge is 0.126 e. The van der Waals surface area contributed by atoms with Crippen LogP contribution in [0.5, 0.6) is 0 Å². The second kappa shape index (κ2) is 10.5. The first kappa shape index (κ1) is 16.2. The molecule has 4 N–H and O–H groups in total. The van der Waals surface area contributed by atoms with E-state index < -0.39 is 0 Å². The van der Waals surface area contributed by atoms with Crippen molar-refractivity contribution in [2.75, 3.05) is 64.3 Å². The van der Waals surface area contributed by atoms with Crippen molar-refractivity contribution in [2.24, 2.45) is 0 Å². The van der Waals surface area contributed by atoms with Gasteiger partial charge in [-0.1, -0.05) is 6.07 Å². The Balaban J connectivity index is 1.74. The lowest BCUT2D eigenvalue weighted by Crippen LogP contribution is -2.40. The number of anilines is 1. The van der Waals surface area contributed by atoms with Gasteiger partial charge in [0.2, 0.25) is 0 Å². The van der Waals surface area contributed by atoms with Gasteiger partial charge in [0.1, 0.15) is 5.82 Å². The summed E-state index contributed by atoms with van der Waals surface area (Å²) < 4.78 is 0. The van der Waals surface area contributed by atoms with Crippen LogP contribution in [0.1, 0.15) is 6.42 Å². The molecule has 1 aliphatic rings. The van der Waals surface area contributed by atoms with Gasteiger partial charge >= 0.3 is 0 Å². The van der Waals surface area contributed by atoms with Gasteiger partial charge in [-0.25, -0.2) is 4.98 Å². The summed E-state index contributed by atoms with van der Waals surface area (Å²) in [5.74, 6) is 0.936. The van der Waals surface area contributed by atoms with E-state index in [1.165, 1.54) is 6.42 Å². The summed E-state index contributed by atoms with van der Waals surface area (Å²) in [5, 5.41) is 13.8. The number of hydrogen-bond acceptors (Lipinski definition) is 6. The third kappa shape index (κ3) is 7.38. The normalized spacial score (nSPS) is 20.0. The average Bonchev–Trinajstić information content (AvgIpc) is 2.55. The molecule has 0 saturated carbocycles. The quantitative estimate of drug-likeness (QED) is 0.625. The molecule has 6 heteroatoms. The second-order valence-corrected chi connectivity index (χ2v) is 5.27. The molecule has 0 bridgehead atoms. The van der Waals surface area contributed by atoms with E-state index in [-0.39, 0.29) is 0 Å². The Labute approximate surface area is 127 Å². The van der Waals surface area contributed by atoms with Gasteiger partial charge in [0, 0.05) is 45.5 Å². The van der Waals surface area contributed by atoms with Gasteiger partial charge in [-0.15, -0.1) is 0 Å². The van der Waals surface area contributed by atoms with E-state index in [4.69, 9.17) is 0 Å². The highest BCUT2D eigenvalue weighted by Crippen LogP contribution is 2.00. The topological polar surface area (TPSA) is 64.2 Å². The summed E-state index contributed by atoms with van der Waals surface area (Å²) >= 11 is 0. The first-order chi connectivity index (χ1) is 10.4. The Kier molecular flexibility index (Phi) is 8.09. The van der Waals surface area contributed by atoms with E-state index in [0.29, 0.717) is 0 Å². The molecule has 118 valence electrons. The molecule has 0 aromatic carbocycles. The predicted molar refractivity (Wildman–Crippen MR) is 87.5 cm³/mol. The highest BCUT2D eigenvalue weighted by atomic mass is 15.2. The van der Waals surface area contributed by atoms with Crippen LogP contribution < -0.4 is 21.3 Å². The molecule has 2 rings (SSSR count). The zero-order valence-electron chi connectivity index (χ0n) is 12.8. The third-order valence-electron chi connectivity index (χ3n) is 3.54. The Hall–Kier alpha value is -1.21. The minimum absolute atomic E-state index is 0.832. The van der Waals surface area contributed by atoms with Gasteiger partial charge in [-0.2, -0.15) is 0 Å². The molecular formula is C15H28N6. The molecule has 0 unspecified atom stereocenters. The van der Waals surface area contributed by atoms with E-state index in [9.17, 15) is 0 Å². The number of pyridine rings is 1. The van der Waals surface area contributed by atoms with Crippen LogP contribution in [0.15, 0.2) is 24.4 Å². The van der Waals surface area contributed by atoms with Crippen LogP contribution in [-0.4, -0.2) is 68.9 Å². The minimum atomic E-state index is 0.832. The fraction of sp³-hybridized carbons (Fsp3) is 0.667. The number of nitrogens with zero attached hydrogens (tertiary/aromatic N) is 2. The monoisotopic (exact) mass is 292 g/mol. The van der Waals surface area contributed by atoms with Crippen LogP contribution in [-0.2, 0) is 0 Å². The highest BCUT2D eigenvalue weighted by Gasteiger charge is 2.05. The molecule has 0 aliphatic carbocycles. The first-order valence-corrected chi connectivity index (χ1v) is 7.94. The molecule has 1 aliphatic heterocycles. The number of nitrogens with one attached hydrogen (secondary N) is 4. The van der Waals surface area contributed by atoms with Crippen molar-refractivity contribution in [1.29, 1.82) is 0 Å². The molecule has 1 aromatic rings. The standard InChI is InChI=1S/C15H28N6/c1-2-7-19-15(4-1)20-14-21-12-10-17-6-3-5-16-8-9-18-11-13-21/h1-2,4,7,16-18H,3,5-6,8-14H2,(H,19,20). The van der Waals surface area contributed by atoms with E-state index >= 15 is 0 Å². The minimum Gasteiger partial charge on any atom is -0.357 e. The van der Waals surface area contributed by atoms with Crippen LogP contribution in [0.4, 0.5) is 5.82 Å². The number of aromatic nitrogens is 1. The van der Waals surface area contributed by atoms with E-state index in [1.54, 1.807) is 0 Å². The van der Waals surface area contributed by atoms with Gasteiger partial charge in [0.15, 0.2) is 0 Å². The summed E-state index contributed by atoms with van der Waals surface area (Å²) in [6, 6.07) is 5.94. The molecule has 0 atom stereocenters. The summed E-state index contributed by atoms with van der Waals surface area (Å²) in [7, 11) is 0. The molecule has 0 spiro atoms. The summed E-state index contributed by atoms with van der Waals surface area (Å²) in [6.07, 6.45) is 3.00. The third-order valence-corrected chi connectivity index (χ3v) is 3.54. The lowest BCUT2D eigenvalue weighted by atomic mass is 10.4. The first-order valence-electron chi connectivity index (χ1n) is 7.94. The molecule has 1 fully saturated rings.